The summed E-state index contributed by atoms with van der Waals surface area (Å²) in [6.45, 7) is 13.7. The smallest absolute Gasteiger partial charge is 0.191 e. The van der Waals surface area contributed by atoms with Crippen molar-refractivity contribution in [2.75, 3.05) is 26.2 Å². The van der Waals surface area contributed by atoms with E-state index in [1.54, 1.807) is 6.20 Å². The van der Waals surface area contributed by atoms with Crippen LogP contribution in [-0.2, 0) is 6.54 Å². The Morgan fingerprint density at radius 2 is 2.00 bits per heavy atom. The molecule has 0 aliphatic heterocycles. The Bertz CT molecular complexity index is 691. The number of rotatable bonds is 11. The molecule has 28 heavy (non-hydrogen) atoms. The van der Waals surface area contributed by atoms with E-state index in [2.05, 4.69) is 66.4 Å². The molecule has 6 nitrogen and oxygen atoms in total. The highest BCUT2D eigenvalue weighted by Crippen LogP contribution is 2.15. The maximum absolute atomic E-state index is 4.82. The third-order valence-electron chi connectivity index (χ3n) is 4.91. The maximum atomic E-state index is 4.82. The molecule has 1 aromatic heterocycles. The van der Waals surface area contributed by atoms with Gasteiger partial charge in [-0.3, -0.25) is 0 Å². The van der Waals surface area contributed by atoms with Gasteiger partial charge in [0.1, 0.15) is 0 Å². The van der Waals surface area contributed by atoms with Crippen molar-refractivity contribution < 1.29 is 0 Å². The Morgan fingerprint density at radius 3 is 2.68 bits per heavy atom. The lowest BCUT2D eigenvalue weighted by Crippen LogP contribution is -2.42. The molecule has 0 amide bonds. The van der Waals surface area contributed by atoms with Gasteiger partial charge in [0.15, 0.2) is 5.96 Å². The largest absolute Gasteiger partial charge is 0.357 e. The number of guanidine groups is 1. The quantitative estimate of drug-likeness (QED) is 0.460. The highest BCUT2D eigenvalue weighted by Gasteiger charge is 2.08. The minimum atomic E-state index is 0.386. The van der Waals surface area contributed by atoms with Crippen LogP contribution in [0.25, 0.3) is 5.69 Å². The maximum Gasteiger partial charge on any atom is 0.191 e. The number of benzene rings is 1. The van der Waals surface area contributed by atoms with Gasteiger partial charge in [-0.05, 0) is 58.0 Å². The number of aromatic nitrogens is 2. The minimum Gasteiger partial charge on any atom is -0.357 e. The summed E-state index contributed by atoms with van der Waals surface area (Å²) in [4.78, 5) is 11.4. The average molecular weight is 385 g/mol. The Labute approximate surface area is 170 Å². The van der Waals surface area contributed by atoms with E-state index >= 15 is 0 Å². The molecule has 0 aliphatic carbocycles. The molecule has 0 radical (unpaired) electrons. The van der Waals surface area contributed by atoms with Crippen LogP contribution in [0.15, 0.2) is 48.0 Å². The molecule has 2 aromatic rings. The van der Waals surface area contributed by atoms with Crippen LogP contribution in [0.3, 0.4) is 0 Å². The summed E-state index contributed by atoms with van der Waals surface area (Å²) in [7, 11) is 0. The monoisotopic (exact) mass is 384 g/mol. The van der Waals surface area contributed by atoms with E-state index in [4.69, 9.17) is 4.99 Å². The van der Waals surface area contributed by atoms with Crippen LogP contribution in [0.4, 0.5) is 0 Å². The molecule has 0 fully saturated rings. The summed E-state index contributed by atoms with van der Waals surface area (Å²) in [5.41, 5.74) is 2.29. The van der Waals surface area contributed by atoms with E-state index in [1.807, 2.05) is 23.2 Å². The Hall–Kier alpha value is -2.34. The van der Waals surface area contributed by atoms with E-state index in [9.17, 15) is 0 Å². The Kier molecular flexibility index (Phi) is 9.55. The summed E-state index contributed by atoms with van der Waals surface area (Å²) >= 11 is 0. The van der Waals surface area contributed by atoms with Crippen LogP contribution in [0.5, 0.6) is 0 Å². The summed E-state index contributed by atoms with van der Waals surface area (Å²) in [6, 6.07) is 8.71. The standard InChI is InChI=1S/C22H36N6/c1-5-24-22(26-19(4)11-10-15-27(6-2)7-3)25-17-20-12-8-9-13-21(20)28-16-14-23-18-28/h8-9,12-14,16,18-19H,5-7,10-11,15,17H2,1-4H3,(H2,24,25,26). The molecular formula is C22H36N6. The molecule has 0 saturated carbocycles. The second kappa shape index (κ2) is 12.2. The van der Waals surface area contributed by atoms with Crippen LogP contribution in [0.1, 0.15) is 46.1 Å². The lowest BCUT2D eigenvalue weighted by molar-refractivity contribution is 0.292. The SMILES string of the molecule is CCNC(=NCc1ccccc1-n1ccnc1)NC(C)CCCN(CC)CC. The summed E-state index contributed by atoms with van der Waals surface area (Å²) in [5.74, 6) is 0.873. The van der Waals surface area contributed by atoms with Crippen LogP contribution in [0.2, 0.25) is 0 Å². The molecule has 0 saturated heterocycles. The topological polar surface area (TPSA) is 57.5 Å². The lowest BCUT2D eigenvalue weighted by Gasteiger charge is -2.21. The Balaban J connectivity index is 1.95. The molecule has 0 aliphatic rings. The molecular weight excluding hydrogens is 348 g/mol. The second-order valence-electron chi connectivity index (χ2n) is 7.01. The van der Waals surface area contributed by atoms with E-state index in [-0.39, 0.29) is 0 Å². The third-order valence-corrected chi connectivity index (χ3v) is 4.91. The third kappa shape index (κ3) is 7.00. The van der Waals surface area contributed by atoms with Gasteiger partial charge in [-0.25, -0.2) is 9.98 Å². The van der Waals surface area contributed by atoms with Gasteiger partial charge in [0.25, 0.3) is 0 Å². The zero-order valence-corrected chi connectivity index (χ0v) is 17.9. The summed E-state index contributed by atoms with van der Waals surface area (Å²) < 4.78 is 2.03. The summed E-state index contributed by atoms with van der Waals surface area (Å²) in [5, 5.41) is 6.92. The second-order valence-corrected chi connectivity index (χ2v) is 7.01. The molecule has 0 spiro atoms. The van der Waals surface area contributed by atoms with Crippen LogP contribution < -0.4 is 10.6 Å². The number of imidazole rings is 1. The van der Waals surface area contributed by atoms with Gasteiger partial charge in [0.2, 0.25) is 0 Å². The highest BCUT2D eigenvalue weighted by molar-refractivity contribution is 5.80. The molecule has 1 unspecified atom stereocenters. The molecule has 6 heteroatoms. The van der Waals surface area contributed by atoms with Crippen molar-refractivity contribution in [2.45, 2.75) is 53.1 Å². The van der Waals surface area contributed by atoms with Crippen molar-refractivity contribution in [3.05, 3.63) is 48.5 Å². The highest BCUT2D eigenvalue weighted by atomic mass is 15.2. The zero-order valence-electron chi connectivity index (χ0n) is 17.9. The number of nitrogens with zero attached hydrogens (tertiary/aromatic N) is 4. The normalized spacial score (nSPS) is 13.0. The number of hydrogen-bond acceptors (Lipinski definition) is 3. The Morgan fingerprint density at radius 1 is 1.21 bits per heavy atom. The van der Waals surface area contributed by atoms with Gasteiger partial charge in [0, 0.05) is 25.0 Å². The fourth-order valence-corrected chi connectivity index (χ4v) is 3.25. The number of nitrogens with one attached hydrogen (secondary N) is 2. The van der Waals surface area contributed by atoms with Gasteiger partial charge in [-0.15, -0.1) is 0 Å². The molecule has 0 bridgehead atoms. The van der Waals surface area contributed by atoms with Gasteiger partial charge < -0.3 is 20.1 Å². The first-order valence-electron chi connectivity index (χ1n) is 10.5. The van der Waals surface area contributed by atoms with Crippen molar-refractivity contribution in [3.8, 4) is 5.69 Å². The molecule has 2 N–H and O–H groups in total. The van der Waals surface area contributed by atoms with Gasteiger partial charge >= 0.3 is 0 Å². The number of aliphatic imine (C=N–C) groups is 1. The first kappa shape index (κ1) is 22.0. The van der Waals surface area contributed by atoms with E-state index in [0.29, 0.717) is 12.6 Å². The molecule has 1 aromatic carbocycles. The number of para-hydroxylation sites is 1. The summed E-state index contributed by atoms with van der Waals surface area (Å²) in [6.07, 6.45) is 7.91. The van der Waals surface area contributed by atoms with Gasteiger partial charge in [-0.1, -0.05) is 32.0 Å². The first-order chi connectivity index (χ1) is 13.7. The fourth-order valence-electron chi connectivity index (χ4n) is 3.25. The van der Waals surface area contributed by atoms with Gasteiger partial charge in [0.05, 0.1) is 18.6 Å². The average Bonchev–Trinajstić information content (AvgIpc) is 3.24. The van der Waals surface area contributed by atoms with Crippen molar-refractivity contribution in [3.63, 3.8) is 0 Å². The van der Waals surface area contributed by atoms with Crippen molar-refractivity contribution >= 4 is 5.96 Å². The molecule has 1 atom stereocenters. The molecule has 154 valence electrons. The van der Waals surface area contributed by atoms with Gasteiger partial charge in [-0.2, -0.15) is 0 Å². The van der Waals surface area contributed by atoms with E-state index in [0.717, 1.165) is 44.2 Å². The van der Waals surface area contributed by atoms with Crippen LogP contribution >= 0.6 is 0 Å². The lowest BCUT2D eigenvalue weighted by atomic mass is 10.1. The van der Waals surface area contributed by atoms with E-state index in [1.165, 1.54) is 12.0 Å². The predicted octanol–water partition coefficient (Wildman–Crippen LogP) is 3.44. The molecule has 2 rings (SSSR count). The van der Waals surface area contributed by atoms with Crippen LogP contribution in [0, 0.1) is 0 Å². The molecule has 1 heterocycles. The minimum absolute atomic E-state index is 0.386. The first-order valence-corrected chi connectivity index (χ1v) is 10.5. The van der Waals surface area contributed by atoms with Crippen LogP contribution in [-0.4, -0.2) is 52.6 Å². The fraction of sp³-hybridized carbons (Fsp3) is 0.545. The van der Waals surface area contributed by atoms with Crippen molar-refractivity contribution in [1.29, 1.82) is 0 Å². The van der Waals surface area contributed by atoms with Crippen molar-refractivity contribution in [2.24, 2.45) is 4.99 Å². The number of hydrogen-bond donors (Lipinski definition) is 2. The van der Waals surface area contributed by atoms with Crippen molar-refractivity contribution in [1.82, 2.24) is 25.1 Å². The van der Waals surface area contributed by atoms with E-state index < -0.39 is 0 Å². The zero-order chi connectivity index (χ0) is 20.2. The predicted molar refractivity (Wildman–Crippen MR) is 118 cm³/mol.